The molecule has 0 aromatic carbocycles. The van der Waals surface area contributed by atoms with Crippen LogP contribution in [-0.4, -0.2) is 5.78 Å². The number of Topliss-reactive ketones (excluding diaryl/α,β-unsaturated/α-hetero) is 1. The van der Waals surface area contributed by atoms with Gasteiger partial charge in [-0.1, -0.05) is 32.3 Å². The number of hydrogen-bond donors (Lipinski definition) is 0. The van der Waals surface area contributed by atoms with Crippen LogP contribution in [-0.2, 0) is 4.79 Å². The van der Waals surface area contributed by atoms with Crippen molar-refractivity contribution in [3.8, 4) is 0 Å². The molecule has 0 aromatic heterocycles. The molecule has 0 bridgehead atoms. The van der Waals surface area contributed by atoms with E-state index >= 15 is 0 Å². The molecule has 0 N–H and O–H groups in total. The van der Waals surface area contributed by atoms with Crippen LogP contribution in [0.2, 0.25) is 0 Å². The van der Waals surface area contributed by atoms with Gasteiger partial charge in [0.2, 0.25) is 0 Å². The van der Waals surface area contributed by atoms with Crippen LogP contribution in [0.4, 0.5) is 0 Å². The average Bonchev–Trinajstić information content (AvgIpc) is 2.15. The minimum Gasteiger partial charge on any atom is -0.299 e. The predicted molar refractivity (Wildman–Crippen MR) is 69.3 cm³/mol. The molecule has 1 rings (SSSR count). The fraction of sp³-hybridized carbons (Fsp3) is 0.800. The molecular formula is C15H26O. The van der Waals surface area contributed by atoms with E-state index in [0.717, 1.165) is 19.3 Å². The average molecular weight is 222 g/mol. The summed E-state index contributed by atoms with van der Waals surface area (Å²) in [4.78, 5) is 12.1. The number of carbonyl (C=O) groups is 1. The monoisotopic (exact) mass is 222 g/mol. The summed E-state index contributed by atoms with van der Waals surface area (Å²) in [7, 11) is 0. The first-order valence-electron chi connectivity index (χ1n) is 6.71. The molecule has 1 fully saturated rings. The van der Waals surface area contributed by atoms with E-state index in [1.807, 2.05) is 0 Å². The fourth-order valence-electron chi connectivity index (χ4n) is 3.02. The Morgan fingerprint density at radius 1 is 1.50 bits per heavy atom. The molecule has 0 aliphatic heterocycles. The lowest BCUT2D eigenvalue weighted by Crippen LogP contribution is -2.32. The van der Waals surface area contributed by atoms with Gasteiger partial charge in [-0.05, 0) is 38.0 Å². The zero-order valence-electron chi connectivity index (χ0n) is 11.1. The predicted octanol–water partition coefficient (Wildman–Crippen LogP) is 4.37. The lowest BCUT2D eigenvalue weighted by atomic mass is 9.70. The van der Waals surface area contributed by atoms with E-state index in [1.165, 1.54) is 24.8 Å². The second kappa shape index (κ2) is 6.22. The highest BCUT2D eigenvalue weighted by atomic mass is 16.1. The second-order valence-corrected chi connectivity index (χ2v) is 5.68. The lowest BCUT2D eigenvalue weighted by molar-refractivity contribution is -0.128. The molecule has 0 saturated heterocycles. The molecule has 3 atom stereocenters. The molecule has 0 aromatic rings. The third kappa shape index (κ3) is 3.77. The maximum absolute atomic E-state index is 12.1. The zero-order valence-corrected chi connectivity index (χ0v) is 11.1. The van der Waals surface area contributed by atoms with Crippen molar-refractivity contribution < 1.29 is 4.79 Å². The van der Waals surface area contributed by atoms with Crippen molar-refractivity contribution in [3.05, 3.63) is 12.2 Å². The molecule has 1 nitrogen and oxygen atoms in total. The van der Waals surface area contributed by atoms with Crippen molar-refractivity contribution in [2.75, 3.05) is 0 Å². The Morgan fingerprint density at radius 2 is 2.19 bits per heavy atom. The molecule has 0 heterocycles. The van der Waals surface area contributed by atoms with Gasteiger partial charge >= 0.3 is 0 Å². The van der Waals surface area contributed by atoms with Gasteiger partial charge in [0.15, 0.2) is 0 Å². The lowest BCUT2D eigenvalue weighted by Gasteiger charge is -2.34. The van der Waals surface area contributed by atoms with E-state index in [9.17, 15) is 4.79 Å². The maximum Gasteiger partial charge on any atom is 0.136 e. The Hall–Kier alpha value is -0.590. The van der Waals surface area contributed by atoms with E-state index in [1.54, 1.807) is 0 Å². The van der Waals surface area contributed by atoms with Crippen LogP contribution in [0.15, 0.2) is 12.2 Å². The number of allylic oxidation sites excluding steroid dienone is 1. The molecule has 0 radical (unpaired) electrons. The quantitative estimate of drug-likeness (QED) is 0.631. The van der Waals surface area contributed by atoms with Gasteiger partial charge in [-0.25, -0.2) is 0 Å². The van der Waals surface area contributed by atoms with Gasteiger partial charge < -0.3 is 0 Å². The van der Waals surface area contributed by atoms with Crippen LogP contribution in [0.5, 0.6) is 0 Å². The van der Waals surface area contributed by atoms with E-state index < -0.39 is 0 Å². The van der Waals surface area contributed by atoms with Crippen LogP contribution < -0.4 is 0 Å². The van der Waals surface area contributed by atoms with Crippen LogP contribution >= 0.6 is 0 Å². The van der Waals surface area contributed by atoms with Crippen molar-refractivity contribution >= 4 is 5.78 Å². The highest BCUT2D eigenvalue weighted by molar-refractivity contribution is 5.82. The summed E-state index contributed by atoms with van der Waals surface area (Å²) >= 11 is 0. The summed E-state index contributed by atoms with van der Waals surface area (Å²) in [5, 5.41) is 0. The number of carbonyl (C=O) groups excluding carboxylic acids is 1. The van der Waals surface area contributed by atoms with E-state index in [2.05, 4.69) is 27.4 Å². The standard InChI is InChI=1S/C15H26O/c1-5-6-7-14-13(8-11(2)3)9-12(4)10-15(14)16/h12-14H,2,5-10H2,1,3-4H3. The SMILES string of the molecule is C=C(C)CC1CC(C)CC(=O)C1CCCC. The normalized spacial score (nSPS) is 30.4. The first-order valence-corrected chi connectivity index (χ1v) is 6.71. The summed E-state index contributed by atoms with van der Waals surface area (Å²) in [6.07, 6.45) is 6.55. The van der Waals surface area contributed by atoms with E-state index in [0.29, 0.717) is 23.5 Å². The number of unbranched alkanes of at least 4 members (excludes halogenated alkanes) is 1. The van der Waals surface area contributed by atoms with Gasteiger partial charge in [-0.3, -0.25) is 4.79 Å². The molecule has 0 spiro atoms. The molecule has 1 aliphatic rings. The summed E-state index contributed by atoms with van der Waals surface area (Å²) in [5.41, 5.74) is 1.23. The Kier molecular flexibility index (Phi) is 5.24. The summed E-state index contributed by atoms with van der Waals surface area (Å²) in [5.74, 6) is 1.99. The number of rotatable bonds is 5. The topological polar surface area (TPSA) is 17.1 Å². The highest BCUT2D eigenvalue weighted by Crippen LogP contribution is 2.37. The van der Waals surface area contributed by atoms with Crippen molar-refractivity contribution in [2.24, 2.45) is 17.8 Å². The van der Waals surface area contributed by atoms with Crippen LogP contribution in [0.25, 0.3) is 0 Å². The van der Waals surface area contributed by atoms with Crippen molar-refractivity contribution in [3.63, 3.8) is 0 Å². The van der Waals surface area contributed by atoms with Gasteiger partial charge in [0.1, 0.15) is 5.78 Å². The number of hydrogen-bond acceptors (Lipinski definition) is 1. The maximum atomic E-state index is 12.1. The van der Waals surface area contributed by atoms with E-state index in [-0.39, 0.29) is 0 Å². The Balaban J connectivity index is 2.64. The van der Waals surface area contributed by atoms with Gasteiger partial charge in [0, 0.05) is 12.3 Å². The summed E-state index contributed by atoms with van der Waals surface area (Å²) in [6.45, 7) is 10.5. The van der Waals surface area contributed by atoms with Gasteiger partial charge in [0.25, 0.3) is 0 Å². The zero-order chi connectivity index (χ0) is 12.1. The first-order chi connectivity index (χ1) is 7.54. The largest absolute Gasteiger partial charge is 0.299 e. The van der Waals surface area contributed by atoms with Crippen LogP contribution in [0, 0.1) is 17.8 Å². The van der Waals surface area contributed by atoms with Crippen LogP contribution in [0.1, 0.15) is 59.3 Å². The Bertz CT molecular complexity index is 254. The molecule has 3 unspecified atom stereocenters. The van der Waals surface area contributed by atoms with Gasteiger partial charge in [0.05, 0.1) is 0 Å². The summed E-state index contributed by atoms with van der Waals surface area (Å²) < 4.78 is 0. The third-order valence-electron chi connectivity index (χ3n) is 3.72. The molecular weight excluding hydrogens is 196 g/mol. The molecule has 1 saturated carbocycles. The van der Waals surface area contributed by atoms with Crippen molar-refractivity contribution in [1.29, 1.82) is 0 Å². The minimum atomic E-state index is 0.327. The Morgan fingerprint density at radius 3 is 2.75 bits per heavy atom. The molecule has 1 aliphatic carbocycles. The molecule has 1 heteroatoms. The molecule has 0 amide bonds. The highest BCUT2D eigenvalue weighted by Gasteiger charge is 2.34. The van der Waals surface area contributed by atoms with Gasteiger partial charge in [-0.15, -0.1) is 6.58 Å². The van der Waals surface area contributed by atoms with Crippen LogP contribution in [0.3, 0.4) is 0 Å². The van der Waals surface area contributed by atoms with E-state index in [4.69, 9.17) is 0 Å². The minimum absolute atomic E-state index is 0.327. The smallest absolute Gasteiger partial charge is 0.136 e. The van der Waals surface area contributed by atoms with Crippen molar-refractivity contribution in [2.45, 2.75) is 59.3 Å². The number of ketones is 1. The second-order valence-electron chi connectivity index (χ2n) is 5.68. The Labute approximate surface area is 100 Å². The first kappa shape index (κ1) is 13.5. The molecule has 16 heavy (non-hydrogen) atoms. The third-order valence-corrected chi connectivity index (χ3v) is 3.72. The summed E-state index contributed by atoms with van der Waals surface area (Å²) in [6, 6.07) is 0. The molecule has 92 valence electrons. The van der Waals surface area contributed by atoms with Gasteiger partial charge in [-0.2, -0.15) is 0 Å². The van der Waals surface area contributed by atoms with Crippen molar-refractivity contribution in [1.82, 2.24) is 0 Å². The fourth-order valence-corrected chi connectivity index (χ4v) is 3.02.